The fourth-order valence-electron chi connectivity index (χ4n) is 0.955. The summed E-state index contributed by atoms with van der Waals surface area (Å²) in [4.78, 5) is 10.7. The zero-order valence-electron chi connectivity index (χ0n) is 6.44. The molecule has 1 aliphatic rings. The predicted molar refractivity (Wildman–Crippen MR) is 36.1 cm³/mol. The van der Waals surface area contributed by atoms with E-state index in [2.05, 4.69) is 4.74 Å². The van der Waals surface area contributed by atoms with E-state index >= 15 is 0 Å². The SMILES string of the molecule is O=C1OC(O)[C@H](O)[C@@H](O)[C@H](O)[C@@H]1O. The van der Waals surface area contributed by atoms with Gasteiger partial charge in [-0.05, 0) is 0 Å². The maximum Gasteiger partial charge on any atom is 0.340 e. The van der Waals surface area contributed by atoms with Crippen molar-refractivity contribution in [2.24, 2.45) is 0 Å². The fourth-order valence-corrected chi connectivity index (χ4v) is 0.955. The zero-order valence-corrected chi connectivity index (χ0v) is 6.44. The van der Waals surface area contributed by atoms with E-state index in [1.165, 1.54) is 0 Å². The van der Waals surface area contributed by atoms with Gasteiger partial charge in [0.1, 0.15) is 18.3 Å². The minimum Gasteiger partial charge on any atom is -0.431 e. The van der Waals surface area contributed by atoms with E-state index in [1.807, 2.05) is 0 Å². The number of carbonyl (C=O) groups excluding carboxylic acids is 1. The predicted octanol–water partition coefficient (Wildman–Crippen LogP) is -3.69. The van der Waals surface area contributed by atoms with E-state index in [9.17, 15) is 4.79 Å². The molecule has 0 radical (unpaired) electrons. The first-order valence-corrected chi connectivity index (χ1v) is 3.56. The van der Waals surface area contributed by atoms with Gasteiger partial charge in [-0.1, -0.05) is 0 Å². The van der Waals surface area contributed by atoms with Crippen molar-refractivity contribution in [3.05, 3.63) is 0 Å². The van der Waals surface area contributed by atoms with Gasteiger partial charge in [0.15, 0.2) is 6.10 Å². The number of ether oxygens (including phenoxy) is 1. The molecule has 1 aliphatic heterocycles. The van der Waals surface area contributed by atoms with Crippen LogP contribution >= 0.6 is 0 Å². The minimum absolute atomic E-state index is 1.30. The van der Waals surface area contributed by atoms with Gasteiger partial charge in [-0.2, -0.15) is 0 Å². The Hall–Kier alpha value is -0.730. The van der Waals surface area contributed by atoms with Crippen LogP contribution in [0, 0.1) is 0 Å². The highest BCUT2D eigenvalue weighted by Crippen LogP contribution is 2.15. The molecule has 1 saturated heterocycles. The van der Waals surface area contributed by atoms with Crippen molar-refractivity contribution < 1.29 is 35.1 Å². The smallest absolute Gasteiger partial charge is 0.340 e. The van der Waals surface area contributed by atoms with Gasteiger partial charge >= 0.3 is 5.97 Å². The number of esters is 1. The maximum absolute atomic E-state index is 10.7. The van der Waals surface area contributed by atoms with Crippen LogP contribution < -0.4 is 0 Å². The zero-order chi connectivity index (χ0) is 10.2. The number of aliphatic hydroxyl groups excluding tert-OH is 5. The first-order valence-electron chi connectivity index (χ1n) is 3.56. The Morgan fingerprint density at radius 2 is 1.46 bits per heavy atom. The second-order valence-corrected chi connectivity index (χ2v) is 2.74. The molecule has 0 spiro atoms. The summed E-state index contributed by atoms with van der Waals surface area (Å²) in [6, 6.07) is 0. The molecule has 0 aromatic carbocycles. The van der Waals surface area contributed by atoms with Crippen LogP contribution in [0.3, 0.4) is 0 Å². The molecule has 1 unspecified atom stereocenters. The Balaban J connectivity index is 2.85. The molecule has 76 valence electrons. The Labute approximate surface area is 72.8 Å². The summed E-state index contributed by atoms with van der Waals surface area (Å²) in [6.07, 6.45) is -9.47. The van der Waals surface area contributed by atoms with Gasteiger partial charge in [0.25, 0.3) is 0 Å². The van der Waals surface area contributed by atoms with E-state index in [0.717, 1.165) is 0 Å². The minimum atomic E-state index is -1.97. The molecular weight excluding hydrogens is 184 g/mol. The summed E-state index contributed by atoms with van der Waals surface area (Å²) in [7, 11) is 0. The highest BCUT2D eigenvalue weighted by Gasteiger charge is 2.43. The Bertz CT molecular complexity index is 205. The first kappa shape index (κ1) is 10.4. The number of hydrogen-bond donors (Lipinski definition) is 5. The summed E-state index contributed by atoms with van der Waals surface area (Å²) >= 11 is 0. The van der Waals surface area contributed by atoms with Gasteiger partial charge in [-0.25, -0.2) is 4.79 Å². The lowest BCUT2D eigenvalue weighted by atomic mass is 10.0. The van der Waals surface area contributed by atoms with Gasteiger partial charge in [0.2, 0.25) is 6.29 Å². The quantitative estimate of drug-likeness (QED) is 0.251. The lowest BCUT2D eigenvalue weighted by Gasteiger charge is -2.20. The monoisotopic (exact) mass is 194 g/mol. The van der Waals surface area contributed by atoms with Crippen LogP contribution in [0.25, 0.3) is 0 Å². The molecule has 0 aliphatic carbocycles. The van der Waals surface area contributed by atoms with Crippen molar-refractivity contribution in [2.45, 2.75) is 30.7 Å². The highest BCUT2D eigenvalue weighted by molar-refractivity contribution is 5.75. The van der Waals surface area contributed by atoms with Gasteiger partial charge in [-0.3, -0.25) is 0 Å². The van der Waals surface area contributed by atoms with Crippen molar-refractivity contribution in [2.75, 3.05) is 0 Å². The fraction of sp³-hybridized carbons (Fsp3) is 0.833. The molecule has 0 saturated carbocycles. The summed E-state index contributed by atoms with van der Waals surface area (Å²) in [6.45, 7) is 0. The second kappa shape index (κ2) is 3.56. The molecule has 13 heavy (non-hydrogen) atoms. The van der Waals surface area contributed by atoms with Crippen LogP contribution in [0.15, 0.2) is 0 Å². The van der Waals surface area contributed by atoms with Crippen LogP contribution in [0.1, 0.15) is 0 Å². The van der Waals surface area contributed by atoms with Crippen LogP contribution in [0.4, 0.5) is 0 Å². The molecular formula is C6H10O7. The number of carbonyl (C=O) groups is 1. The van der Waals surface area contributed by atoms with Crippen molar-refractivity contribution >= 4 is 5.97 Å². The largest absolute Gasteiger partial charge is 0.431 e. The molecule has 5 N–H and O–H groups in total. The molecule has 0 amide bonds. The molecule has 1 heterocycles. The normalized spacial score (nSPS) is 46.8. The average molecular weight is 194 g/mol. The Morgan fingerprint density at radius 3 is 2.00 bits per heavy atom. The van der Waals surface area contributed by atoms with Crippen LogP contribution in [0.2, 0.25) is 0 Å². The maximum atomic E-state index is 10.7. The van der Waals surface area contributed by atoms with E-state index in [-0.39, 0.29) is 0 Å². The number of hydrogen-bond acceptors (Lipinski definition) is 7. The van der Waals surface area contributed by atoms with Crippen LogP contribution in [-0.4, -0.2) is 62.2 Å². The van der Waals surface area contributed by atoms with Crippen molar-refractivity contribution in [1.82, 2.24) is 0 Å². The molecule has 0 aromatic heterocycles. The van der Waals surface area contributed by atoms with Gasteiger partial charge in [0, 0.05) is 0 Å². The second-order valence-electron chi connectivity index (χ2n) is 2.74. The van der Waals surface area contributed by atoms with Crippen molar-refractivity contribution in [3.63, 3.8) is 0 Å². The molecule has 7 nitrogen and oxygen atoms in total. The molecule has 7 heteroatoms. The van der Waals surface area contributed by atoms with Crippen LogP contribution in [-0.2, 0) is 9.53 Å². The lowest BCUT2D eigenvalue weighted by Crippen LogP contribution is -2.46. The van der Waals surface area contributed by atoms with E-state index in [0.29, 0.717) is 0 Å². The van der Waals surface area contributed by atoms with Gasteiger partial charge in [-0.15, -0.1) is 0 Å². The third-order valence-electron chi connectivity index (χ3n) is 1.79. The average Bonchev–Trinajstić information content (AvgIpc) is 2.15. The topological polar surface area (TPSA) is 127 Å². The lowest BCUT2D eigenvalue weighted by molar-refractivity contribution is -0.194. The van der Waals surface area contributed by atoms with Gasteiger partial charge in [0.05, 0.1) is 0 Å². The van der Waals surface area contributed by atoms with Crippen LogP contribution in [0.5, 0.6) is 0 Å². The third-order valence-corrected chi connectivity index (χ3v) is 1.79. The molecule has 1 rings (SSSR count). The molecule has 0 aromatic rings. The first-order chi connectivity index (χ1) is 5.95. The Morgan fingerprint density at radius 1 is 0.923 bits per heavy atom. The molecule has 5 atom stereocenters. The number of aliphatic hydroxyl groups is 5. The number of cyclic esters (lactones) is 1. The number of rotatable bonds is 0. The third kappa shape index (κ3) is 1.79. The highest BCUT2D eigenvalue weighted by atomic mass is 16.7. The summed E-state index contributed by atoms with van der Waals surface area (Å²) in [5, 5.41) is 44.8. The summed E-state index contributed by atoms with van der Waals surface area (Å²) in [5.41, 5.74) is 0. The van der Waals surface area contributed by atoms with Crippen molar-refractivity contribution in [1.29, 1.82) is 0 Å². The Kier molecular flexibility index (Phi) is 2.84. The summed E-state index contributed by atoms with van der Waals surface area (Å²) < 4.78 is 4.07. The standard InChI is InChI=1S/C6H10O7/c7-1-2(8)4(10)6(12)13-5(11)3(1)9/h1-5,7-11H/t1-,2-,3+,4-,5?/m0/s1. The van der Waals surface area contributed by atoms with E-state index < -0.39 is 36.7 Å². The van der Waals surface area contributed by atoms with E-state index in [4.69, 9.17) is 25.5 Å². The molecule has 0 bridgehead atoms. The summed E-state index contributed by atoms with van der Waals surface area (Å²) in [5.74, 6) is -1.30. The van der Waals surface area contributed by atoms with E-state index in [1.54, 1.807) is 0 Å². The van der Waals surface area contributed by atoms with Gasteiger partial charge < -0.3 is 30.3 Å². The van der Waals surface area contributed by atoms with Crippen molar-refractivity contribution in [3.8, 4) is 0 Å². The molecule has 1 fully saturated rings.